The second-order valence-corrected chi connectivity index (χ2v) is 6.07. The first-order valence-corrected chi connectivity index (χ1v) is 8.01. The van der Waals surface area contributed by atoms with Crippen LogP contribution in [0.3, 0.4) is 0 Å². The fourth-order valence-corrected chi connectivity index (χ4v) is 2.79. The Morgan fingerprint density at radius 3 is 2.77 bits per heavy atom. The topological polar surface area (TPSA) is 96.3 Å². The van der Waals surface area contributed by atoms with Gasteiger partial charge in [-0.1, -0.05) is 0 Å². The Balaban J connectivity index is 1.76. The van der Waals surface area contributed by atoms with E-state index >= 15 is 0 Å². The van der Waals surface area contributed by atoms with Crippen LogP contribution < -0.4 is 10.6 Å². The predicted molar refractivity (Wildman–Crippen MR) is 91.6 cm³/mol. The van der Waals surface area contributed by atoms with Crippen LogP contribution in [0.2, 0.25) is 0 Å². The van der Waals surface area contributed by atoms with E-state index in [1.807, 2.05) is 0 Å². The van der Waals surface area contributed by atoms with Gasteiger partial charge in [0.15, 0.2) is 0 Å². The van der Waals surface area contributed by atoms with Crippen molar-refractivity contribution in [1.82, 2.24) is 20.0 Å². The minimum Gasteiger partial charge on any atom is -0.326 e. The van der Waals surface area contributed by atoms with Gasteiger partial charge in [0.05, 0.1) is 11.9 Å². The number of aryl methyl sites for hydroxylation is 1. The van der Waals surface area contributed by atoms with E-state index in [2.05, 4.69) is 15.7 Å². The Bertz CT molecular complexity index is 879. The number of imide groups is 1. The number of halogens is 1. The Kier molecular flexibility index (Phi) is 4.70. The first-order chi connectivity index (χ1) is 12.3. The molecule has 0 unspecified atom stereocenters. The highest BCUT2D eigenvalue weighted by Crippen LogP contribution is 2.28. The third kappa shape index (κ3) is 3.56. The highest BCUT2D eigenvalue weighted by atomic mass is 19.1. The third-order valence-corrected chi connectivity index (χ3v) is 4.20. The summed E-state index contributed by atoms with van der Waals surface area (Å²) < 4.78 is 15.2. The molecule has 136 valence electrons. The summed E-state index contributed by atoms with van der Waals surface area (Å²) in [5.74, 6) is -1.17. The van der Waals surface area contributed by atoms with Crippen molar-refractivity contribution in [3.63, 3.8) is 0 Å². The zero-order valence-corrected chi connectivity index (χ0v) is 14.3. The summed E-state index contributed by atoms with van der Waals surface area (Å²) in [6, 6.07) is 2.58. The lowest BCUT2D eigenvalue weighted by atomic mass is 10.0. The van der Waals surface area contributed by atoms with Gasteiger partial charge in [-0.15, -0.1) is 0 Å². The minimum absolute atomic E-state index is 0.185. The molecule has 1 aromatic carbocycles. The number of rotatable bonds is 3. The highest BCUT2D eigenvalue weighted by Gasteiger charge is 2.32. The molecule has 1 aliphatic heterocycles. The summed E-state index contributed by atoms with van der Waals surface area (Å²) in [7, 11) is 3.12. The summed E-state index contributed by atoms with van der Waals surface area (Å²) in [5, 5.41) is 9.23. The standard InChI is InChI=1S/C17H18FN5O3/c1-22-9-10(8-19-22)12-7-11(18)3-4-13(12)20-17(26)21-14-5-6-15(24)23(2)16(14)25/h3-4,7-9,14H,5-6H2,1-2H3,(H2,20,21,26)/t14-/m1/s1. The van der Waals surface area contributed by atoms with Crippen molar-refractivity contribution in [1.29, 1.82) is 0 Å². The van der Waals surface area contributed by atoms with Crippen molar-refractivity contribution in [3.8, 4) is 11.1 Å². The summed E-state index contributed by atoms with van der Waals surface area (Å²) in [5.41, 5.74) is 1.49. The molecule has 8 nitrogen and oxygen atoms in total. The van der Waals surface area contributed by atoms with Crippen molar-refractivity contribution in [2.24, 2.45) is 7.05 Å². The smallest absolute Gasteiger partial charge is 0.319 e. The van der Waals surface area contributed by atoms with Crippen LogP contribution >= 0.6 is 0 Å². The van der Waals surface area contributed by atoms with Crippen LogP contribution in [0.15, 0.2) is 30.6 Å². The number of carbonyl (C=O) groups excluding carboxylic acids is 3. The molecule has 2 aromatic rings. The predicted octanol–water partition coefficient (Wildman–Crippen LogP) is 1.50. The van der Waals surface area contributed by atoms with Crippen molar-refractivity contribution in [2.45, 2.75) is 18.9 Å². The zero-order valence-electron chi connectivity index (χ0n) is 14.3. The van der Waals surface area contributed by atoms with E-state index in [9.17, 15) is 18.8 Å². The lowest BCUT2D eigenvalue weighted by Crippen LogP contribution is -2.53. The van der Waals surface area contributed by atoms with E-state index in [0.717, 1.165) is 4.90 Å². The maximum absolute atomic E-state index is 13.6. The number of urea groups is 1. The second kappa shape index (κ2) is 6.95. The molecule has 2 heterocycles. The van der Waals surface area contributed by atoms with Crippen molar-refractivity contribution in [2.75, 3.05) is 12.4 Å². The summed E-state index contributed by atoms with van der Waals surface area (Å²) in [6.45, 7) is 0. The van der Waals surface area contributed by atoms with Crippen LogP contribution in [0.4, 0.5) is 14.9 Å². The number of aromatic nitrogens is 2. The monoisotopic (exact) mass is 359 g/mol. The van der Waals surface area contributed by atoms with Gasteiger partial charge in [-0.05, 0) is 24.6 Å². The molecule has 0 aliphatic carbocycles. The average Bonchev–Trinajstić information content (AvgIpc) is 3.03. The molecule has 2 N–H and O–H groups in total. The number of piperidine rings is 1. The van der Waals surface area contributed by atoms with E-state index in [1.165, 1.54) is 25.2 Å². The molecule has 4 amide bonds. The molecule has 1 aliphatic rings. The SMILES string of the molecule is CN1C(=O)CC[C@@H](NC(=O)Nc2ccc(F)cc2-c2cnn(C)c2)C1=O. The summed E-state index contributed by atoms with van der Waals surface area (Å²) in [4.78, 5) is 36.9. The molecule has 26 heavy (non-hydrogen) atoms. The normalized spacial score (nSPS) is 17.3. The van der Waals surface area contributed by atoms with Crippen LogP contribution in [0.25, 0.3) is 11.1 Å². The van der Waals surface area contributed by atoms with Gasteiger partial charge in [-0.2, -0.15) is 5.10 Å². The third-order valence-electron chi connectivity index (χ3n) is 4.20. The van der Waals surface area contributed by atoms with Crippen LogP contribution in [-0.4, -0.2) is 45.6 Å². The fourth-order valence-electron chi connectivity index (χ4n) is 2.79. The van der Waals surface area contributed by atoms with Gasteiger partial charge >= 0.3 is 6.03 Å². The number of amides is 4. The Labute approximate surface area is 149 Å². The number of benzene rings is 1. The number of likely N-dealkylation sites (N-methyl/N-ethyl adjacent to an activating group) is 1. The molecule has 1 atom stereocenters. The van der Waals surface area contributed by atoms with Gasteiger partial charge in [0, 0.05) is 37.8 Å². The average molecular weight is 359 g/mol. The lowest BCUT2D eigenvalue weighted by molar-refractivity contribution is -0.147. The number of anilines is 1. The summed E-state index contributed by atoms with van der Waals surface area (Å²) in [6.07, 6.45) is 3.69. The quantitative estimate of drug-likeness (QED) is 0.812. The molecule has 0 radical (unpaired) electrons. The molecule has 9 heteroatoms. The summed E-state index contributed by atoms with van der Waals surface area (Å²) >= 11 is 0. The molecule has 1 saturated heterocycles. The number of likely N-dealkylation sites (tertiary alicyclic amines) is 1. The van der Waals surface area contributed by atoms with Crippen LogP contribution in [-0.2, 0) is 16.6 Å². The van der Waals surface area contributed by atoms with Crippen molar-refractivity contribution >= 4 is 23.5 Å². The fraction of sp³-hybridized carbons (Fsp3) is 0.294. The first kappa shape index (κ1) is 17.6. The molecule has 3 rings (SSSR count). The number of carbonyl (C=O) groups is 3. The largest absolute Gasteiger partial charge is 0.326 e. The van der Waals surface area contributed by atoms with Gasteiger partial charge in [0.2, 0.25) is 5.91 Å². The van der Waals surface area contributed by atoms with Crippen molar-refractivity contribution in [3.05, 3.63) is 36.4 Å². The van der Waals surface area contributed by atoms with Gasteiger partial charge < -0.3 is 10.6 Å². The second-order valence-electron chi connectivity index (χ2n) is 6.07. The Morgan fingerprint density at radius 1 is 1.31 bits per heavy atom. The maximum Gasteiger partial charge on any atom is 0.319 e. The molecular weight excluding hydrogens is 341 g/mol. The van der Waals surface area contributed by atoms with Gasteiger partial charge in [0.25, 0.3) is 5.91 Å². The van der Waals surface area contributed by atoms with E-state index in [4.69, 9.17) is 0 Å². The van der Waals surface area contributed by atoms with E-state index in [0.29, 0.717) is 16.8 Å². The van der Waals surface area contributed by atoms with E-state index in [1.54, 1.807) is 24.1 Å². The Morgan fingerprint density at radius 2 is 2.08 bits per heavy atom. The number of nitrogens with zero attached hydrogens (tertiary/aromatic N) is 3. The highest BCUT2D eigenvalue weighted by molar-refractivity contribution is 6.03. The first-order valence-electron chi connectivity index (χ1n) is 8.01. The van der Waals surface area contributed by atoms with Gasteiger partial charge in [-0.25, -0.2) is 9.18 Å². The molecule has 0 saturated carbocycles. The maximum atomic E-state index is 13.6. The van der Waals surface area contributed by atoms with Crippen LogP contribution in [0.1, 0.15) is 12.8 Å². The Hall–Kier alpha value is -3.23. The number of nitrogens with one attached hydrogen (secondary N) is 2. The lowest BCUT2D eigenvalue weighted by Gasteiger charge is -2.28. The van der Waals surface area contributed by atoms with E-state index < -0.39 is 23.8 Å². The number of hydrogen-bond acceptors (Lipinski definition) is 4. The zero-order chi connectivity index (χ0) is 18.8. The van der Waals surface area contributed by atoms with Gasteiger partial charge in [-0.3, -0.25) is 19.2 Å². The molecule has 1 aromatic heterocycles. The molecule has 0 spiro atoms. The minimum atomic E-state index is -0.778. The molecule has 0 bridgehead atoms. The molecular formula is C17H18FN5O3. The number of hydrogen-bond donors (Lipinski definition) is 2. The van der Waals surface area contributed by atoms with Gasteiger partial charge in [0.1, 0.15) is 11.9 Å². The van der Waals surface area contributed by atoms with Crippen molar-refractivity contribution < 1.29 is 18.8 Å². The van der Waals surface area contributed by atoms with Crippen LogP contribution in [0, 0.1) is 5.82 Å². The molecule has 1 fully saturated rings. The van der Waals surface area contributed by atoms with E-state index in [-0.39, 0.29) is 18.7 Å². The van der Waals surface area contributed by atoms with Crippen LogP contribution in [0.5, 0.6) is 0 Å².